The lowest BCUT2D eigenvalue weighted by atomic mass is 9.96. The van der Waals surface area contributed by atoms with Crippen LogP contribution in [0.15, 0.2) is 48.5 Å². The Labute approximate surface area is 142 Å². The molecule has 0 aliphatic carbocycles. The number of aromatic carboxylic acids is 2. The Morgan fingerprint density at radius 2 is 1.04 bits per heavy atom. The van der Waals surface area contributed by atoms with Gasteiger partial charge in [0.2, 0.25) is 0 Å². The van der Waals surface area contributed by atoms with Gasteiger partial charge in [0.1, 0.15) is 0 Å². The van der Waals surface area contributed by atoms with E-state index in [0.29, 0.717) is 16.5 Å². The second-order valence-corrected chi connectivity index (χ2v) is 7.10. The van der Waals surface area contributed by atoms with Crippen molar-refractivity contribution in [3.05, 3.63) is 70.8 Å². The summed E-state index contributed by atoms with van der Waals surface area (Å²) >= 11 is 0. The number of rotatable bonds is 4. The van der Waals surface area contributed by atoms with Crippen molar-refractivity contribution in [2.24, 2.45) is 5.41 Å². The van der Waals surface area contributed by atoms with Crippen molar-refractivity contribution in [3.63, 3.8) is 0 Å². The molecule has 0 bridgehead atoms. The minimum Gasteiger partial charge on any atom is -0.478 e. The molecule has 2 aromatic rings. The van der Waals surface area contributed by atoms with Gasteiger partial charge in [-0.25, -0.2) is 9.59 Å². The molecule has 128 valence electrons. The average Bonchev–Trinajstić information content (AvgIpc) is 2.46. The van der Waals surface area contributed by atoms with E-state index in [9.17, 15) is 9.59 Å². The average molecular weight is 328 g/mol. The van der Waals surface area contributed by atoms with E-state index < -0.39 is 11.9 Å². The summed E-state index contributed by atoms with van der Waals surface area (Å²) in [5, 5.41) is 18.2. The summed E-state index contributed by atoms with van der Waals surface area (Å²) in [6.45, 7) is 8.75. The van der Waals surface area contributed by atoms with Crippen LogP contribution in [0.1, 0.15) is 59.5 Å². The van der Waals surface area contributed by atoms with Crippen molar-refractivity contribution < 1.29 is 19.8 Å². The van der Waals surface area contributed by atoms with Crippen LogP contribution < -0.4 is 0 Å². The van der Waals surface area contributed by atoms with Gasteiger partial charge in [-0.05, 0) is 35.1 Å². The summed E-state index contributed by atoms with van der Waals surface area (Å²) in [6, 6.07) is 13.2. The summed E-state index contributed by atoms with van der Waals surface area (Å²) in [7, 11) is 0. The molecule has 0 aromatic heterocycles. The summed E-state index contributed by atoms with van der Waals surface area (Å²) in [4.78, 5) is 22.2. The predicted octanol–water partition coefficient (Wildman–Crippen LogP) is 4.73. The van der Waals surface area contributed by atoms with Gasteiger partial charge in [-0.2, -0.15) is 0 Å². The number of benzene rings is 2. The molecule has 24 heavy (non-hydrogen) atoms. The SMILES string of the molecule is CC(C)(C)C.O=C(O)c1ccccc1Cc1ccccc1C(=O)O. The number of carboxylic acids is 2. The molecule has 0 unspecified atom stereocenters. The maximum Gasteiger partial charge on any atom is 0.335 e. The summed E-state index contributed by atoms with van der Waals surface area (Å²) in [5.74, 6) is -2.02. The largest absolute Gasteiger partial charge is 0.478 e. The van der Waals surface area contributed by atoms with Crippen LogP contribution in [0.2, 0.25) is 0 Å². The number of hydrogen-bond acceptors (Lipinski definition) is 2. The van der Waals surface area contributed by atoms with Crippen LogP contribution in [0.3, 0.4) is 0 Å². The Bertz CT molecular complexity index is 650. The summed E-state index contributed by atoms with van der Waals surface area (Å²) in [5.41, 5.74) is 2.10. The fourth-order valence-corrected chi connectivity index (χ4v) is 1.97. The molecule has 0 heterocycles. The van der Waals surface area contributed by atoms with Gasteiger partial charge in [-0.15, -0.1) is 0 Å². The molecular formula is C20H24O4. The lowest BCUT2D eigenvalue weighted by Gasteiger charge is -2.08. The first-order chi connectivity index (χ1) is 11.1. The second-order valence-electron chi connectivity index (χ2n) is 7.10. The lowest BCUT2D eigenvalue weighted by Crippen LogP contribution is -2.06. The molecule has 2 rings (SSSR count). The third-order valence-electron chi connectivity index (χ3n) is 2.88. The Morgan fingerprint density at radius 1 is 0.750 bits per heavy atom. The van der Waals surface area contributed by atoms with Gasteiger partial charge in [0.25, 0.3) is 0 Å². The molecule has 0 saturated carbocycles. The molecule has 2 aromatic carbocycles. The number of carboxylic acid groups (broad SMARTS) is 2. The summed E-state index contributed by atoms with van der Waals surface area (Å²) < 4.78 is 0. The fraction of sp³-hybridized carbons (Fsp3) is 0.300. The van der Waals surface area contributed by atoms with Crippen LogP contribution >= 0.6 is 0 Å². The van der Waals surface area contributed by atoms with Crippen LogP contribution in [0.25, 0.3) is 0 Å². The Hall–Kier alpha value is -2.62. The molecule has 0 spiro atoms. The van der Waals surface area contributed by atoms with Crippen LogP contribution in [0.5, 0.6) is 0 Å². The van der Waals surface area contributed by atoms with Crippen LogP contribution in [-0.2, 0) is 6.42 Å². The molecule has 0 atom stereocenters. The minimum atomic E-state index is -1.01. The van der Waals surface area contributed by atoms with Crippen LogP contribution in [0.4, 0.5) is 0 Å². The van der Waals surface area contributed by atoms with Crippen molar-refractivity contribution in [2.75, 3.05) is 0 Å². The molecule has 4 heteroatoms. The van der Waals surface area contributed by atoms with Crippen molar-refractivity contribution >= 4 is 11.9 Å². The molecule has 0 amide bonds. The monoisotopic (exact) mass is 328 g/mol. The van der Waals surface area contributed by atoms with Crippen molar-refractivity contribution in [3.8, 4) is 0 Å². The third kappa shape index (κ3) is 6.65. The first-order valence-corrected chi connectivity index (χ1v) is 7.72. The smallest absolute Gasteiger partial charge is 0.335 e. The highest BCUT2D eigenvalue weighted by Gasteiger charge is 2.13. The zero-order valence-electron chi connectivity index (χ0n) is 14.5. The standard InChI is InChI=1S/C15H12O4.C5H12/c16-14(17)12-7-3-1-5-10(12)9-11-6-2-4-8-13(11)15(18)19;1-5(2,3)4/h1-8H,9H2,(H,16,17)(H,18,19);1-4H3. The Kier molecular flexibility index (Phi) is 6.71. The number of hydrogen-bond donors (Lipinski definition) is 2. The summed E-state index contributed by atoms with van der Waals surface area (Å²) in [6.07, 6.45) is 0.283. The van der Waals surface area contributed by atoms with Gasteiger partial charge in [-0.1, -0.05) is 64.1 Å². The van der Waals surface area contributed by atoms with E-state index in [1.165, 1.54) is 12.1 Å². The molecule has 0 saturated heterocycles. The van der Waals surface area contributed by atoms with Crippen molar-refractivity contribution in [2.45, 2.75) is 34.1 Å². The molecule has 4 nitrogen and oxygen atoms in total. The normalized spacial score (nSPS) is 10.5. The Morgan fingerprint density at radius 3 is 1.33 bits per heavy atom. The highest BCUT2D eigenvalue weighted by molar-refractivity contribution is 5.91. The van der Waals surface area contributed by atoms with E-state index in [1.807, 2.05) is 0 Å². The van der Waals surface area contributed by atoms with E-state index in [0.717, 1.165) is 0 Å². The second kappa shape index (κ2) is 8.29. The van der Waals surface area contributed by atoms with E-state index >= 15 is 0 Å². The zero-order chi connectivity index (χ0) is 18.3. The molecule has 0 fully saturated rings. The fourth-order valence-electron chi connectivity index (χ4n) is 1.97. The number of carbonyl (C=O) groups is 2. The van der Waals surface area contributed by atoms with Crippen LogP contribution in [-0.4, -0.2) is 22.2 Å². The van der Waals surface area contributed by atoms with E-state index in [2.05, 4.69) is 27.7 Å². The molecular weight excluding hydrogens is 304 g/mol. The molecule has 2 N–H and O–H groups in total. The first-order valence-electron chi connectivity index (χ1n) is 7.72. The van der Waals surface area contributed by atoms with Gasteiger partial charge >= 0.3 is 11.9 Å². The van der Waals surface area contributed by atoms with Crippen molar-refractivity contribution in [1.29, 1.82) is 0 Å². The van der Waals surface area contributed by atoms with Gasteiger partial charge in [-0.3, -0.25) is 0 Å². The highest BCUT2D eigenvalue weighted by Crippen LogP contribution is 2.17. The predicted molar refractivity (Wildman–Crippen MR) is 94.7 cm³/mol. The van der Waals surface area contributed by atoms with Gasteiger partial charge < -0.3 is 10.2 Å². The van der Waals surface area contributed by atoms with Gasteiger partial charge in [0, 0.05) is 0 Å². The van der Waals surface area contributed by atoms with Gasteiger partial charge in [0.05, 0.1) is 11.1 Å². The quantitative estimate of drug-likeness (QED) is 0.851. The van der Waals surface area contributed by atoms with E-state index in [1.54, 1.807) is 36.4 Å². The lowest BCUT2D eigenvalue weighted by molar-refractivity contribution is 0.0686. The topological polar surface area (TPSA) is 74.6 Å². The van der Waals surface area contributed by atoms with E-state index in [4.69, 9.17) is 10.2 Å². The van der Waals surface area contributed by atoms with E-state index in [-0.39, 0.29) is 17.5 Å². The Balaban J connectivity index is 0.000000505. The van der Waals surface area contributed by atoms with Gasteiger partial charge in [0.15, 0.2) is 0 Å². The zero-order valence-corrected chi connectivity index (χ0v) is 14.5. The molecule has 0 aliphatic heterocycles. The minimum absolute atomic E-state index is 0.197. The maximum atomic E-state index is 11.1. The molecule has 0 radical (unpaired) electrons. The maximum absolute atomic E-state index is 11.1. The third-order valence-corrected chi connectivity index (χ3v) is 2.88. The molecule has 0 aliphatic rings. The van der Waals surface area contributed by atoms with Crippen molar-refractivity contribution in [1.82, 2.24) is 0 Å². The highest BCUT2D eigenvalue weighted by atomic mass is 16.4. The first kappa shape index (κ1) is 19.4. The van der Waals surface area contributed by atoms with Crippen LogP contribution in [0, 0.1) is 5.41 Å².